The Morgan fingerprint density at radius 1 is 0.873 bits per heavy atom. The van der Waals surface area contributed by atoms with Gasteiger partial charge in [0.15, 0.2) is 5.65 Å². The molecule has 3 aliphatic rings. The first kappa shape index (κ1) is 37.0. The van der Waals surface area contributed by atoms with Crippen LogP contribution >= 0.6 is 0 Å². The van der Waals surface area contributed by atoms with Gasteiger partial charge in [0.25, 0.3) is 0 Å². The summed E-state index contributed by atoms with van der Waals surface area (Å²) in [5.74, 6) is 2.29. The lowest BCUT2D eigenvalue weighted by molar-refractivity contribution is 0.171. The Kier molecular flexibility index (Phi) is 10.5. The van der Waals surface area contributed by atoms with E-state index in [2.05, 4.69) is 111 Å². The fourth-order valence-corrected chi connectivity index (χ4v) is 8.35. The van der Waals surface area contributed by atoms with Gasteiger partial charge in [0, 0.05) is 43.7 Å². The number of carbonyl (C=O) groups is 1. The lowest BCUT2D eigenvalue weighted by atomic mass is 9.85. The number of pyridine rings is 1. The van der Waals surface area contributed by atoms with Gasteiger partial charge in [-0.05, 0) is 107 Å². The van der Waals surface area contributed by atoms with Gasteiger partial charge in [-0.15, -0.1) is 10.2 Å². The van der Waals surface area contributed by atoms with Crippen LogP contribution in [-0.4, -0.2) is 86.0 Å². The number of nitrogens with one attached hydrogen (secondary N) is 2. The molecular weight excluding hydrogens is 689 g/mol. The maximum Gasteiger partial charge on any atom is 0.320 e. The molecule has 5 aromatic rings. The monoisotopic (exact) mass is 744 g/mol. The third-order valence-electron chi connectivity index (χ3n) is 11.5. The largest absolute Gasteiger partial charge is 0.484 e. The summed E-state index contributed by atoms with van der Waals surface area (Å²) in [6.45, 7) is 14.9. The maximum atomic E-state index is 13.9. The number of carbonyl (C=O) groups excluding carboxylic acids is 1. The summed E-state index contributed by atoms with van der Waals surface area (Å²) in [6, 6.07) is 22.8. The summed E-state index contributed by atoms with van der Waals surface area (Å²) < 4.78 is 10.6. The third-order valence-corrected chi connectivity index (χ3v) is 11.5. The standard InChI is InChI=1S/C43H56N10O2/c1-30-12-8-9-23-51(30)42-47-46-39-20-17-33(29-52(39)42)55-37-19-18-36(34-15-6-7-16-35(34)37)44-41(54)45-40-27-38(43(2,3)4)48-53(40)32-14-10-13-31(26-32)28-50-22-11-21-49(5)24-25-50/h6-7,10,13-17,20,26-27,29-30,36-37H,8-9,11-12,18-19,21-25,28H2,1-5H3,(H2,44,45,54)/t30-,36-,37+/m0/s1. The highest BCUT2D eigenvalue weighted by Gasteiger charge is 2.31. The van der Waals surface area contributed by atoms with Crippen molar-refractivity contribution in [2.75, 3.05) is 50.0 Å². The second kappa shape index (κ2) is 15.7. The molecule has 5 heterocycles. The zero-order valence-electron chi connectivity index (χ0n) is 33.0. The predicted octanol–water partition coefficient (Wildman–Crippen LogP) is 7.51. The molecule has 0 unspecified atom stereocenters. The Labute approximate surface area is 324 Å². The number of nitrogens with zero attached hydrogens (tertiary/aromatic N) is 8. The average molecular weight is 745 g/mol. The second-order valence-electron chi connectivity index (χ2n) is 16.8. The number of hydrogen-bond acceptors (Lipinski definition) is 8. The third kappa shape index (κ3) is 8.21. The van der Waals surface area contributed by atoms with Crippen molar-refractivity contribution >= 4 is 23.4 Å². The molecule has 0 bridgehead atoms. The number of piperidine rings is 1. The fourth-order valence-electron chi connectivity index (χ4n) is 8.35. The lowest BCUT2D eigenvalue weighted by Crippen LogP contribution is -2.38. The Hall–Kier alpha value is -4.94. The van der Waals surface area contributed by atoms with Crippen molar-refractivity contribution in [3.8, 4) is 11.4 Å². The van der Waals surface area contributed by atoms with E-state index >= 15 is 0 Å². The Morgan fingerprint density at radius 2 is 1.73 bits per heavy atom. The Bertz CT molecular complexity index is 2120. The van der Waals surface area contributed by atoms with E-state index in [0.717, 1.165) is 105 Å². The van der Waals surface area contributed by atoms with Gasteiger partial charge in [0.1, 0.15) is 17.7 Å². The number of likely N-dealkylation sites (N-methyl/N-ethyl adjacent to an activating group) is 1. The quantitative estimate of drug-likeness (QED) is 0.168. The van der Waals surface area contributed by atoms with Crippen molar-refractivity contribution in [1.29, 1.82) is 0 Å². The molecule has 2 N–H and O–H groups in total. The average Bonchev–Trinajstić information content (AvgIpc) is 3.73. The minimum absolute atomic E-state index is 0.151. The molecule has 0 saturated carbocycles. The van der Waals surface area contributed by atoms with Crippen LogP contribution in [0.5, 0.6) is 5.75 Å². The first-order valence-corrected chi connectivity index (χ1v) is 20.1. The van der Waals surface area contributed by atoms with Crippen LogP contribution in [0.25, 0.3) is 11.3 Å². The fraction of sp³-hybridized carbons (Fsp3) is 0.488. The van der Waals surface area contributed by atoms with E-state index in [1.165, 1.54) is 18.4 Å². The summed E-state index contributed by atoms with van der Waals surface area (Å²) in [7, 11) is 2.20. The van der Waals surface area contributed by atoms with E-state index in [1.807, 2.05) is 41.2 Å². The van der Waals surface area contributed by atoms with Crippen molar-refractivity contribution in [2.24, 2.45) is 0 Å². The first-order valence-electron chi connectivity index (χ1n) is 20.1. The summed E-state index contributed by atoms with van der Waals surface area (Å²) in [4.78, 5) is 21.1. The van der Waals surface area contributed by atoms with Gasteiger partial charge in [0.2, 0.25) is 5.95 Å². The van der Waals surface area contributed by atoms with E-state index < -0.39 is 0 Å². The molecule has 290 valence electrons. The highest BCUT2D eigenvalue weighted by atomic mass is 16.5. The number of benzene rings is 2. The van der Waals surface area contributed by atoms with Crippen LogP contribution in [0.2, 0.25) is 0 Å². The maximum absolute atomic E-state index is 13.9. The van der Waals surface area contributed by atoms with E-state index in [0.29, 0.717) is 11.9 Å². The SMILES string of the molecule is C[C@H]1CCCCN1c1nnc2ccc(O[C@@H]3CC[C@H](NC(=O)Nc4cc(C(C)(C)C)nn4-c4cccc(CN5CCCN(C)CC5)c4)c4ccccc43)cn12. The summed E-state index contributed by atoms with van der Waals surface area (Å²) >= 11 is 0. The molecule has 2 fully saturated rings. The molecule has 2 aliphatic heterocycles. The van der Waals surface area contributed by atoms with Crippen LogP contribution in [0, 0.1) is 0 Å². The molecule has 12 heteroatoms. The van der Waals surface area contributed by atoms with E-state index in [4.69, 9.17) is 9.84 Å². The first-order chi connectivity index (χ1) is 26.6. The number of aromatic nitrogens is 5. The topological polar surface area (TPSA) is 108 Å². The number of urea groups is 1. The van der Waals surface area contributed by atoms with Crippen molar-refractivity contribution in [3.05, 3.63) is 95.3 Å². The summed E-state index contributed by atoms with van der Waals surface area (Å²) in [5, 5.41) is 20.5. The molecule has 3 atom stereocenters. The second-order valence-corrected chi connectivity index (χ2v) is 16.8. The van der Waals surface area contributed by atoms with Crippen LogP contribution in [0.3, 0.4) is 0 Å². The minimum atomic E-state index is -0.261. The van der Waals surface area contributed by atoms with Gasteiger partial charge in [-0.2, -0.15) is 5.10 Å². The molecule has 3 aromatic heterocycles. The van der Waals surface area contributed by atoms with Gasteiger partial charge >= 0.3 is 6.03 Å². The van der Waals surface area contributed by atoms with Crippen LogP contribution in [0.4, 0.5) is 16.6 Å². The van der Waals surface area contributed by atoms with E-state index in [9.17, 15) is 4.79 Å². The molecule has 12 nitrogen and oxygen atoms in total. The molecule has 2 amide bonds. The zero-order valence-corrected chi connectivity index (χ0v) is 33.0. The lowest BCUT2D eigenvalue weighted by Gasteiger charge is -2.33. The smallest absolute Gasteiger partial charge is 0.320 e. The number of fused-ring (bicyclic) bond motifs is 2. The molecule has 0 spiro atoms. The van der Waals surface area contributed by atoms with Crippen molar-refractivity contribution < 1.29 is 9.53 Å². The van der Waals surface area contributed by atoms with Crippen molar-refractivity contribution in [2.45, 2.75) is 96.4 Å². The van der Waals surface area contributed by atoms with E-state index in [1.54, 1.807) is 0 Å². The van der Waals surface area contributed by atoms with E-state index in [-0.39, 0.29) is 23.6 Å². The number of amides is 2. The van der Waals surface area contributed by atoms with Gasteiger partial charge in [0.05, 0.1) is 23.6 Å². The molecule has 8 rings (SSSR count). The van der Waals surface area contributed by atoms with Crippen molar-refractivity contribution in [1.82, 2.24) is 39.5 Å². The van der Waals surface area contributed by atoms with Gasteiger partial charge in [-0.1, -0.05) is 57.2 Å². The molecule has 55 heavy (non-hydrogen) atoms. The summed E-state index contributed by atoms with van der Waals surface area (Å²) in [6.07, 6.45) is 8.10. The number of ether oxygens (including phenoxy) is 1. The van der Waals surface area contributed by atoms with Gasteiger partial charge in [-0.25, -0.2) is 9.48 Å². The Morgan fingerprint density at radius 3 is 2.56 bits per heavy atom. The van der Waals surface area contributed by atoms with Crippen LogP contribution in [-0.2, 0) is 12.0 Å². The van der Waals surface area contributed by atoms with Crippen molar-refractivity contribution in [3.63, 3.8) is 0 Å². The molecule has 2 aromatic carbocycles. The highest BCUT2D eigenvalue weighted by molar-refractivity contribution is 5.89. The minimum Gasteiger partial charge on any atom is -0.484 e. The molecule has 0 radical (unpaired) electrons. The normalized spacial score (nSPS) is 21.3. The van der Waals surface area contributed by atoms with Crippen LogP contribution in [0.15, 0.2) is 72.9 Å². The predicted molar refractivity (Wildman–Crippen MR) is 217 cm³/mol. The number of anilines is 2. The molecular formula is C43H56N10O2. The molecule has 2 saturated heterocycles. The highest BCUT2D eigenvalue weighted by Crippen LogP contribution is 2.39. The van der Waals surface area contributed by atoms with Gasteiger partial charge in [-0.3, -0.25) is 14.6 Å². The number of rotatable bonds is 8. The summed E-state index contributed by atoms with van der Waals surface area (Å²) in [5.41, 5.74) is 5.84. The zero-order chi connectivity index (χ0) is 38.1. The van der Waals surface area contributed by atoms with Crippen LogP contribution in [0.1, 0.15) is 101 Å². The molecule has 1 aliphatic carbocycles. The Balaban J connectivity index is 0.980. The van der Waals surface area contributed by atoms with Crippen LogP contribution < -0.4 is 20.3 Å². The van der Waals surface area contributed by atoms with Gasteiger partial charge < -0.3 is 19.9 Å². The number of hydrogen-bond donors (Lipinski definition) is 2.